The van der Waals surface area contributed by atoms with Crippen molar-refractivity contribution in [2.75, 3.05) is 13.2 Å². The van der Waals surface area contributed by atoms with Crippen LogP contribution in [0.5, 0.6) is 5.75 Å². The zero-order valence-corrected chi connectivity index (χ0v) is 9.94. The molecule has 92 valence electrons. The normalized spacial score (nSPS) is 16.4. The molecule has 2 rings (SSSR count). The van der Waals surface area contributed by atoms with E-state index >= 15 is 0 Å². The lowest BCUT2D eigenvalue weighted by molar-refractivity contribution is 0.0521. The lowest BCUT2D eigenvalue weighted by atomic mass is 10.2. The molecule has 0 spiro atoms. The molecule has 1 aromatic rings. The molecule has 1 fully saturated rings. The van der Waals surface area contributed by atoms with Crippen molar-refractivity contribution in [2.45, 2.75) is 25.3 Å². The highest BCUT2D eigenvalue weighted by atomic mass is 16.5. The minimum atomic E-state index is -0.357. The van der Waals surface area contributed by atoms with Gasteiger partial charge in [0.2, 0.25) is 0 Å². The molecule has 4 nitrogen and oxygen atoms in total. The number of nitrogens with two attached hydrogens (primary N) is 1. The zero-order valence-electron chi connectivity index (χ0n) is 9.94. The lowest BCUT2D eigenvalue weighted by Crippen LogP contribution is -2.30. The van der Waals surface area contributed by atoms with E-state index in [1.807, 2.05) is 6.07 Å². The number of carbonyl (C=O) groups excluding carboxylic acids is 1. The zero-order chi connectivity index (χ0) is 12.3. The van der Waals surface area contributed by atoms with Crippen molar-refractivity contribution < 1.29 is 14.3 Å². The standard InChI is InChI=1S/C13H17NO3/c1-2-16-12(15)10-5-3-4-6-11(10)17-9-13(14)7-8-13/h3-6H,2,7-9,14H2,1H3. The highest BCUT2D eigenvalue weighted by Gasteiger charge is 2.39. The van der Waals surface area contributed by atoms with Crippen LogP contribution in [-0.4, -0.2) is 24.7 Å². The van der Waals surface area contributed by atoms with Gasteiger partial charge in [0.1, 0.15) is 17.9 Å². The molecule has 1 aromatic carbocycles. The van der Waals surface area contributed by atoms with Crippen LogP contribution in [0.3, 0.4) is 0 Å². The Morgan fingerprint density at radius 3 is 2.76 bits per heavy atom. The van der Waals surface area contributed by atoms with Gasteiger partial charge in [0.15, 0.2) is 0 Å². The van der Waals surface area contributed by atoms with Gasteiger partial charge in [-0.15, -0.1) is 0 Å². The first-order valence-corrected chi connectivity index (χ1v) is 5.82. The Kier molecular flexibility index (Phi) is 3.33. The molecule has 0 unspecified atom stereocenters. The fourth-order valence-electron chi connectivity index (χ4n) is 1.50. The molecule has 0 amide bonds. The minimum absolute atomic E-state index is 0.193. The van der Waals surface area contributed by atoms with Crippen molar-refractivity contribution in [2.24, 2.45) is 5.73 Å². The highest BCUT2D eigenvalue weighted by molar-refractivity contribution is 5.92. The molecule has 0 aromatic heterocycles. The third-order valence-electron chi connectivity index (χ3n) is 2.79. The number of hydrogen-bond acceptors (Lipinski definition) is 4. The van der Waals surface area contributed by atoms with Crippen molar-refractivity contribution in [3.05, 3.63) is 29.8 Å². The smallest absolute Gasteiger partial charge is 0.341 e. The van der Waals surface area contributed by atoms with Crippen molar-refractivity contribution in [1.29, 1.82) is 0 Å². The molecule has 0 saturated heterocycles. The van der Waals surface area contributed by atoms with Crippen LogP contribution in [0.2, 0.25) is 0 Å². The second-order valence-electron chi connectivity index (χ2n) is 4.37. The number of esters is 1. The SMILES string of the molecule is CCOC(=O)c1ccccc1OCC1(N)CC1. The van der Waals surface area contributed by atoms with E-state index in [1.165, 1.54) is 0 Å². The van der Waals surface area contributed by atoms with E-state index in [-0.39, 0.29) is 11.5 Å². The van der Waals surface area contributed by atoms with Crippen LogP contribution in [0.25, 0.3) is 0 Å². The Balaban J connectivity index is 2.07. The summed E-state index contributed by atoms with van der Waals surface area (Å²) in [6.07, 6.45) is 1.96. The summed E-state index contributed by atoms with van der Waals surface area (Å²) in [6, 6.07) is 7.07. The van der Waals surface area contributed by atoms with Gasteiger partial charge in [0, 0.05) is 0 Å². The number of rotatable bonds is 5. The third-order valence-corrected chi connectivity index (χ3v) is 2.79. The topological polar surface area (TPSA) is 61.5 Å². The molecule has 0 aliphatic heterocycles. The molecule has 1 aliphatic carbocycles. The van der Waals surface area contributed by atoms with Crippen LogP contribution in [0.1, 0.15) is 30.1 Å². The molecule has 0 bridgehead atoms. The molecular weight excluding hydrogens is 218 g/mol. The summed E-state index contributed by atoms with van der Waals surface area (Å²) in [6.45, 7) is 2.58. The van der Waals surface area contributed by atoms with E-state index in [2.05, 4.69) is 0 Å². The quantitative estimate of drug-likeness (QED) is 0.789. The minimum Gasteiger partial charge on any atom is -0.491 e. The molecule has 0 heterocycles. The van der Waals surface area contributed by atoms with Crippen LogP contribution in [-0.2, 0) is 4.74 Å². The maximum absolute atomic E-state index is 11.7. The summed E-state index contributed by atoms with van der Waals surface area (Å²) in [5.74, 6) is 0.188. The fourth-order valence-corrected chi connectivity index (χ4v) is 1.50. The van der Waals surface area contributed by atoms with Crippen LogP contribution in [0.4, 0.5) is 0 Å². The summed E-state index contributed by atoms with van der Waals surface area (Å²) in [5.41, 5.74) is 6.20. The monoisotopic (exact) mass is 235 g/mol. The van der Waals surface area contributed by atoms with Crippen LogP contribution >= 0.6 is 0 Å². The van der Waals surface area contributed by atoms with Crippen molar-refractivity contribution >= 4 is 5.97 Å². The van der Waals surface area contributed by atoms with Gasteiger partial charge in [-0.05, 0) is 31.9 Å². The molecule has 1 aliphatic rings. The van der Waals surface area contributed by atoms with Gasteiger partial charge in [0.25, 0.3) is 0 Å². The van der Waals surface area contributed by atoms with Gasteiger partial charge in [-0.2, -0.15) is 0 Å². The Labute approximate surface area is 101 Å². The predicted molar refractivity (Wildman–Crippen MR) is 64.0 cm³/mol. The summed E-state index contributed by atoms with van der Waals surface area (Å²) >= 11 is 0. The van der Waals surface area contributed by atoms with Gasteiger partial charge in [-0.25, -0.2) is 4.79 Å². The second kappa shape index (κ2) is 4.75. The van der Waals surface area contributed by atoms with Crippen molar-refractivity contribution in [3.8, 4) is 5.75 Å². The van der Waals surface area contributed by atoms with E-state index in [1.54, 1.807) is 25.1 Å². The molecule has 17 heavy (non-hydrogen) atoms. The van der Waals surface area contributed by atoms with Gasteiger partial charge in [0.05, 0.1) is 12.1 Å². The fraction of sp³-hybridized carbons (Fsp3) is 0.462. The van der Waals surface area contributed by atoms with Crippen LogP contribution in [0.15, 0.2) is 24.3 Å². The Morgan fingerprint density at radius 2 is 2.12 bits per heavy atom. The summed E-state index contributed by atoms with van der Waals surface area (Å²) < 4.78 is 10.6. The first kappa shape index (κ1) is 11.9. The number of para-hydroxylation sites is 1. The lowest BCUT2D eigenvalue weighted by Gasteiger charge is -2.13. The third kappa shape index (κ3) is 2.97. The van der Waals surface area contributed by atoms with Gasteiger partial charge in [-0.1, -0.05) is 12.1 Å². The Hall–Kier alpha value is -1.55. The number of ether oxygens (including phenoxy) is 2. The van der Waals surface area contributed by atoms with Crippen LogP contribution in [0, 0.1) is 0 Å². The van der Waals surface area contributed by atoms with Gasteiger partial charge >= 0.3 is 5.97 Å². The van der Waals surface area contributed by atoms with E-state index in [4.69, 9.17) is 15.2 Å². The van der Waals surface area contributed by atoms with Gasteiger partial charge in [-0.3, -0.25) is 0 Å². The van der Waals surface area contributed by atoms with Crippen molar-refractivity contribution in [1.82, 2.24) is 0 Å². The highest BCUT2D eigenvalue weighted by Crippen LogP contribution is 2.33. The largest absolute Gasteiger partial charge is 0.491 e. The van der Waals surface area contributed by atoms with Crippen LogP contribution < -0.4 is 10.5 Å². The first-order chi connectivity index (χ1) is 8.14. The maximum atomic E-state index is 11.7. The molecular formula is C13H17NO3. The van der Waals surface area contributed by atoms with E-state index in [9.17, 15) is 4.79 Å². The van der Waals surface area contributed by atoms with Crippen molar-refractivity contribution in [3.63, 3.8) is 0 Å². The number of hydrogen-bond donors (Lipinski definition) is 1. The average Bonchev–Trinajstić information content (AvgIpc) is 3.06. The predicted octanol–water partition coefficient (Wildman–Crippen LogP) is 1.73. The summed E-state index contributed by atoms with van der Waals surface area (Å²) in [4.78, 5) is 11.7. The maximum Gasteiger partial charge on any atom is 0.341 e. The second-order valence-corrected chi connectivity index (χ2v) is 4.37. The van der Waals surface area contributed by atoms with E-state index in [0.29, 0.717) is 24.5 Å². The summed E-state index contributed by atoms with van der Waals surface area (Å²) in [7, 11) is 0. The Bertz CT molecular complexity index is 413. The number of benzene rings is 1. The number of carbonyl (C=O) groups is 1. The molecule has 1 saturated carbocycles. The molecule has 4 heteroatoms. The molecule has 0 radical (unpaired) electrons. The molecule has 2 N–H and O–H groups in total. The first-order valence-electron chi connectivity index (χ1n) is 5.82. The van der Waals surface area contributed by atoms with E-state index in [0.717, 1.165) is 12.8 Å². The molecule has 0 atom stereocenters. The van der Waals surface area contributed by atoms with Gasteiger partial charge < -0.3 is 15.2 Å². The Morgan fingerprint density at radius 1 is 1.41 bits per heavy atom. The summed E-state index contributed by atoms with van der Waals surface area (Å²) in [5, 5.41) is 0. The van der Waals surface area contributed by atoms with E-state index < -0.39 is 0 Å². The average molecular weight is 235 g/mol.